The summed E-state index contributed by atoms with van der Waals surface area (Å²) in [5, 5.41) is 3.77. The molecule has 1 aliphatic rings. The Bertz CT molecular complexity index is 306. The molecular formula is C9H14ClN3. The van der Waals surface area contributed by atoms with E-state index in [9.17, 15) is 0 Å². The Balaban J connectivity index is 2.36. The number of nitrogens with zero attached hydrogens (tertiary/aromatic N) is 2. The van der Waals surface area contributed by atoms with Crippen LogP contribution >= 0.6 is 11.6 Å². The number of rotatable bonds is 2. The second kappa shape index (κ2) is 3.68. The smallest absolute Gasteiger partial charge is 0.203 e. The normalized spacial score (nSPS) is 15.8. The molecule has 2 heterocycles. The molecule has 0 saturated heterocycles. The molecule has 0 spiro atoms. The summed E-state index contributed by atoms with van der Waals surface area (Å²) in [4.78, 5) is 4.35. The Labute approximate surface area is 83.1 Å². The third-order valence-corrected chi connectivity index (χ3v) is 2.79. The van der Waals surface area contributed by atoms with Crippen molar-refractivity contribution in [1.82, 2.24) is 14.9 Å². The molecule has 1 aliphatic heterocycles. The van der Waals surface area contributed by atoms with Crippen LogP contribution in [0.1, 0.15) is 24.2 Å². The molecule has 13 heavy (non-hydrogen) atoms. The van der Waals surface area contributed by atoms with Crippen LogP contribution in [0.4, 0.5) is 0 Å². The van der Waals surface area contributed by atoms with E-state index in [4.69, 9.17) is 11.6 Å². The molecule has 0 fully saturated rings. The Kier molecular flexibility index (Phi) is 2.56. The van der Waals surface area contributed by atoms with Gasteiger partial charge < -0.3 is 9.88 Å². The predicted molar refractivity (Wildman–Crippen MR) is 52.9 cm³/mol. The minimum atomic E-state index is 0.653. The van der Waals surface area contributed by atoms with Crippen LogP contribution in [-0.4, -0.2) is 16.6 Å². The van der Waals surface area contributed by atoms with Crippen LogP contribution in [0.25, 0.3) is 0 Å². The maximum atomic E-state index is 6.02. The zero-order valence-corrected chi connectivity index (χ0v) is 8.56. The number of aromatic nitrogens is 2. The van der Waals surface area contributed by atoms with Crippen molar-refractivity contribution >= 4 is 11.6 Å². The lowest BCUT2D eigenvalue weighted by atomic mass is 10.1. The Morgan fingerprint density at radius 2 is 2.38 bits per heavy atom. The van der Waals surface area contributed by atoms with Gasteiger partial charge in [0.05, 0.1) is 5.69 Å². The summed E-state index contributed by atoms with van der Waals surface area (Å²) in [6.45, 7) is 1.85. The van der Waals surface area contributed by atoms with Crippen molar-refractivity contribution in [2.75, 3.05) is 7.05 Å². The number of hydrogen-bond acceptors (Lipinski definition) is 2. The second-order valence-electron chi connectivity index (χ2n) is 3.41. The predicted octanol–water partition coefficient (Wildman–Crippen LogP) is 1.59. The molecule has 1 aromatic heterocycles. The van der Waals surface area contributed by atoms with Crippen LogP contribution in [0.15, 0.2) is 0 Å². The van der Waals surface area contributed by atoms with E-state index >= 15 is 0 Å². The van der Waals surface area contributed by atoms with Crippen LogP contribution in [0.2, 0.25) is 5.28 Å². The number of fused-ring (bicyclic) bond motifs is 1. The van der Waals surface area contributed by atoms with E-state index < -0.39 is 0 Å². The van der Waals surface area contributed by atoms with Gasteiger partial charge in [-0.1, -0.05) is 0 Å². The average Bonchev–Trinajstić information content (AvgIpc) is 2.46. The number of imidazole rings is 1. The molecule has 0 aromatic carbocycles. The fourth-order valence-electron chi connectivity index (χ4n) is 1.88. The van der Waals surface area contributed by atoms with Gasteiger partial charge in [-0.25, -0.2) is 4.98 Å². The van der Waals surface area contributed by atoms with Crippen molar-refractivity contribution in [1.29, 1.82) is 0 Å². The molecule has 4 heteroatoms. The first kappa shape index (κ1) is 9.03. The Morgan fingerprint density at radius 1 is 1.54 bits per heavy atom. The molecular weight excluding hydrogens is 186 g/mol. The van der Waals surface area contributed by atoms with Gasteiger partial charge in [0.2, 0.25) is 5.28 Å². The van der Waals surface area contributed by atoms with Gasteiger partial charge in [-0.3, -0.25) is 0 Å². The standard InChI is InChI=1S/C9H14ClN3/c1-11-6-7-8-4-2-3-5-13(8)9(10)12-7/h11H,2-6H2,1H3. The molecule has 0 atom stereocenters. The summed E-state index contributed by atoms with van der Waals surface area (Å²) in [6, 6.07) is 0. The van der Waals surface area contributed by atoms with E-state index in [1.807, 2.05) is 7.05 Å². The van der Waals surface area contributed by atoms with Gasteiger partial charge in [0, 0.05) is 18.8 Å². The lowest BCUT2D eigenvalue weighted by molar-refractivity contribution is 0.528. The SMILES string of the molecule is CNCc1nc(Cl)n2c1CCCC2. The second-order valence-corrected chi connectivity index (χ2v) is 3.75. The van der Waals surface area contributed by atoms with Crippen LogP contribution in [0.3, 0.4) is 0 Å². The van der Waals surface area contributed by atoms with E-state index in [0.29, 0.717) is 5.28 Å². The van der Waals surface area contributed by atoms with Crippen LogP contribution in [0.5, 0.6) is 0 Å². The Morgan fingerprint density at radius 3 is 3.15 bits per heavy atom. The summed E-state index contributed by atoms with van der Waals surface area (Å²) in [7, 11) is 1.93. The largest absolute Gasteiger partial charge is 0.319 e. The van der Waals surface area contributed by atoms with Crippen molar-refractivity contribution in [2.45, 2.75) is 32.4 Å². The van der Waals surface area contributed by atoms with Crippen LogP contribution < -0.4 is 5.32 Å². The van der Waals surface area contributed by atoms with Gasteiger partial charge in [-0.05, 0) is 37.9 Å². The summed E-state index contributed by atoms with van der Waals surface area (Å²) in [5.41, 5.74) is 2.44. The van der Waals surface area contributed by atoms with E-state index in [0.717, 1.165) is 25.2 Å². The first-order valence-corrected chi connectivity index (χ1v) is 5.09. The van der Waals surface area contributed by atoms with E-state index in [-0.39, 0.29) is 0 Å². The molecule has 0 radical (unpaired) electrons. The molecule has 0 bridgehead atoms. The quantitative estimate of drug-likeness (QED) is 0.784. The first-order valence-electron chi connectivity index (χ1n) is 4.71. The van der Waals surface area contributed by atoms with Crippen LogP contribution in [-0.2, 0) is 19.5 Å². The lowest BCUT2D eigenvalue weighted by Gasteiger charge is -2.15. The van der Waals surface area contributed by atoms with Crippen molar-refractivity contribution in [3.05, 3.63) is 16.7 Å². The maximum Gasteiger partial charge on any atom is 0.203 e. The number of hydrogen-bond donors (Lipinski definition) is 1. The molecule has 0 aliphatic carbocycles. The van der Waals surface area contributed by atoms with Gasteiger partial charge in [0.25, 0.3) is 0 Å². The first-order chi connectivity index (χ1) is 6.33. The highest BCUT2D eigenvalue weighted by molar-refractivity contribution is 6.28. The molecule has 0 unspecified atom stereocenters. The summed E-state index contributed by atoms with van der Waals surface area (Å²) in [6.07, 6.45) is 3.61. The lowest BCUT2D eigenvalue weighted by Crippen LogP contribution is -2.13. The topological polar surface area (TPSA) is 29.9 Å². The van der Waals surface area contributed by atoms with Gasteiger partial charge in [0.15, 0.2) is 0 Å². The molecule has 1 N–H and O–H groups in total. The van der Waals surface area contributed by atoms with E-state index in [2.05, 4.69) is 14.9 Å². The zero-order chi connectivity index (χ0) is 9.26. The fraction of sp³-hybridized carbons (Fsp3) is 0.667. The van der Waals surface area contributed by atoms with Crippen molar-refractivity contribution in [3.63, 3.8) is 0 Å². The highest BCUT2D eigenvalue weighted by Crippen LogP contribution is 2.23. The van der Waals surface area contributed by atoms with Gasteiger partial charge >= 0.3 is 0 Å². The van der Waals surface area contributed by atoms with E-state index in [1.54, 1.807) is 0 Å². The molecule has 0 amide bonds. The third-order valence-electron chi connectivity index (χ3n) is 2.50. The molecule has 2 rings (SSSR count). The van der Waals surface area contributed by atoms with Crippen molar-refractivity contribution < 1.29 is 0 Å². The molecule has 1 aromatic rings. The molecule has 72 valence electrons. The molecule has 3 nitrogen and oxygen atoms in total. The van der Waals surface area contributed by atoms with Gasteiger partial charge in [0.1, 0.15) is 0 Å². The highest BCUT2D eigenvalue weighted by Gasteiger charge is 2.17. The average molecular weight is 200 g/mol. The minimum absolute atomic E-state index is 0.653. The van der Waals surface area contributed by atoms with Gasteiger partial charge in [-0.15, -0.1) is 0 Å². The summed E-state index contributed by atoms with van der Waals surface area (Å²) < 4.78 is 2.14. The summed E-state index contributed by atoms with van der Waals surface area (Å²) >= 11 is 6.02. The van der Waals surface area contributed by atoms with E-state index in [1.165, 1.54) is 18.5 Å². The third kappa shape index (κ3) is 1.58. The van der Waals surface area contributed by atoms with Crippen molar-refractivity contribution in [3.8, 4) is 0 Å². The number of halogens is 1. The number of nitrogens with one attached hydrogen (secondary N) is 1. The van der Waals surface area contributed by atoms with Gasteiger partial charge in [-0.2, -0.15) is 0 Å². The minimum Gasteiger partial charge on any atom is -0.319 e. The van der Waals surface area contributed by atoms with Crippen LogP contribution in [0, 0.1) is 0 Å². The zero-order valence-electron chi connectivity index (χ0n) is 7.81. The highest BCUT2D eigenvalue weighted by atomic mass is 35.5. The summed E-state index contributed by atoms with van der Waals surface area (Å²) in [5.74, 6) is 0. The molecule has 0 saturated carbocycles. The fourth-order valence-corrected chi connectivity index (χ4v) is 2.17. The Hall–Kier alpha value is -0.540. The maximum absolute atomic E-state index is 6.02. The monoisotopic (exact) mass is 199 g/mol. The van der Waals surface area contributed by atoms with Crippen molar-refractivity contribution in [2.24, 2.45) is 0 Å².